The van der Waals surface area contributed by atoms with Crippen LogP contribution in [0.5, 0.6) is 0 Å². The molecule has 0 bridgehead atoms. The summed E-state index contributed by atoms with van der Waals surface area (Å²) in [7, 11) is 0. The average Bonchev–Trinajstić information content (AvgIpc) is 2.98. The van der Waals surface area contributed by atoms with Crippen LogP contribution in [0.2, 0.25) is 0 Å². The molecule has 0 amide bonds. The van der Waals surface area contributed by atoms with E-state index in [1.54, 1.807) is 0 Å². The van der Waals surface area contributed by atoms with Gasteiger partial charge in [0.2, 0.25) is 0 Å². The molecule has 0 unspecified atom stereocenters. The molecule has 0 aromatic carbocycles. The summed E-state index contributed by atoms with van der Waals surface area (Å²) < 4.78 is 59.9. The minimum absolute atomic E-state index is 0. The van der Waals surface area contributed by atoms with Crippen molar-refractivity contribution in [1.29, 1.82) is 0 Å². The Kier molecular flexibility index (Phi) is 133. The molecule has 424 valence electrons. The fourth-order valence-corrected chi connectivity index (χ4v) is 14.0. The molecule has 0 aliphatic heterocycles. The van der Waals surface area contributed by atoms with E-state index in [0.29, 0.717) is 79.3 Å². The summed E-state index contributed by atoms with van der Waals surface area (Å²) in [5.41, 5.74) is -13.7. The van der Waals surface area contributed by atoms with E-state index < -0.39 is 34.2 Å². The predicted molar refractivity (Wildman–Crippen MR) is 275 cm³/mol. The Labute approximate surface area is 540 Å². The van der Waals surface area contributed by atoms with Gasteiger partial charge in [-0.25, -0.2) is 0 Å². The molecule has 0 heterocycles. The Balaban J connectivity index is -0.0000000328. The van der Waals surface area contributed by atoms with E-state index in [9.17, 15) is 0 Å². The molecule has 0 aromatic heterocycles. The Bertz CT molecular complexity index is 902. The summed E-state index contributed by atoms with van der Waals surface area (Å²) in [5, 5.41) is 0. The molecule has 0 spiro atoms. The molecule has 0 saturated heterocycles. The molecule has 0 radical (unpaired) electrons. The van der Waals surface area contributed by atoms with E-state index in [1.165, 1.54) is 0 Å². The van der Waals surface area contributed by atoms with Crippen molar-refractivity contribution in [1.82, 2.24) is 0 Å². The minimum Gasteiger partial charge on any atom is -2.00 e. The first-order valence-corrected chi connectivity index (χ1v) is 38.2. The van der Waals surface area contributed by atoms with Crippen LogP contribution in [-0.2, 0) is 335 Å². The topological polar surface area (TPSA) is 111 Å². The number of rotatable bonds is 24. The van der Waals surface area contributed by atoms with Crippen LogP contribution in [-0.4, -0.2) is 96.4 Å². The van der Waals surface area contributed by atoms with Crippen LogP contribution < -0.4 is 0 Å². The van der Waals surface area contributed by atoms with Gasteiger partial charge in [0.15, 0.2) is 0 Å². The smallest absolute Gasteiger partial charge is 1.00 e. The first-order chi connectivity index (χ1) is 24.7. The maximum absolute atomic E-state index is 4.99. The van der Waals surface area contributed by atoms with Crippen LogP contribution in [0, 0.1) is 0 Å². The summed E-state index contributed by atoms with van der Waals surface area (Å²) in [6.07, 6.45) is 0. The Hall–Kier alpha value is 10.2. The second kappa shape index (κ2) is 74.3. The van der Waals surface area contributed by atoms with E-state index in [-0.39, 0.29) is 154 Å². The standard InChI is InChI=1S/6C4H11O2PS2.8Cu.Se/c6*1-3-5-7(8,9)6-4-2;;;;;;;;;/h6*3-4H2,1-2H3,(H,8,9);;;;;;;;;/q;;;;;;8*+1;-2/p-6. The zero-order valence-electron chi connectivity index (χ0n) is 35.8. The number of hydrogen-bond acceptors (Lipinski definition) is 24. The molecule has 0 saturated carbocycles. The molecule has 63 heavy (non-hydrogen) atoms. The summed E-state index contributed by atoms with van der Waals surface area (Å²) in [5.74, 6) is 0. The average molecular weight is 1700 g/mol. The molecule has 0 atom stereocenters. The largest absolute Gasteiger partial charge is 2.00 e. The zero-order valence-corrected chi connectivity index (χ0v) is 60.2. The van der Waals surface area contributed by atoms with Crippen molar-refractivity contribution >= 4 is 196 Å². The Morgan fingerprint density at radius 1 is 0.222 bits per heavy atom. The van der Waals surface area contributed by atoms with Gasteiger partial charge in [-0.15, -0.1) is 0 Å². The van der Waals surface area contributed by atoms with Crippen LogP contribution >= 0.6 is 34.2 Å². The molecule has 0 aromatic rings. The van der Waals surface area contributed by atoms with Gasteiger partial charge < -0.3 is 145 Å². The number of hydrogen-bond donors (Lipinski definition) is 0. The first-order valence-electron chi connectivity index (χ1n) is 16.3. The van der Waals surface area contributed by atoms with Gasteiger partial charge in [-0.3, -0.25) is 0 Å². The summed E-state index contributed by atoms with van der Waals surface area (Å²) in [4.78, 5) is 0. The van der Waals surface area contributed by atoms with E-state index in [2.05, 4.69) is 0 Å². The molecule has 0 rings (SSSR count). The third-order valence-electron chi connectivity index (χ3n) is 3.45. The molecule has 0 aliphatic rings. The quantitative estimate of drug-likeness (QED) is 0.0519. The summed E-state index contributed by atoms with van der Waals surface area (Å²) in [6, 6.07) is 0. The summed E-state index contributed by atoms with van der Waals surface area (Å²) >= 11 is 57.9. The van der Waals surface area contributed by atoms with Crippen molar-refractivity contribution in [3.63, 3.8) is 0 Å². The fourth-order valence-electron chi connectivity index (χ4n) is 2.12. The van der Waals surface area contributed by atoms with Gasteiger partial charge >= 0.3 is 137 Å². The van der Waals surface area contributed by atoms with Gasteiger partial charge in [0.05, 0.1) is 34.2 Å². The van der Waals surface area contributed by atoms with E-state index >= 15 is 0 Å². The third kappa shape index (κ3) is 105. The van der Waals surface area contributed by atoms with Gasteiger partial charge in [-0.2, -0.15) is 0 Å². The van der Waals surface area contributed by atoms with Gasteiger partial charge in [-0.05, 0) is 83.1 Å². The predicted octanol–water partition coefficient (Wildman–Crippen LogP) is 10.6. The van der Waals surface area contributed by atoms with Crippen LogP contribution in [0.15, 0.2) is 0 Å². The van der Waals surface area contributed by atoms with Crippen molar-refractivity contribution in [2.45, 2.75) is 83.1 Å². The van der Waals surface area contributed by atoms with E-state index in [1.807, 2.05) is 83.1 Å². The van der Waals surface area contributed by atoms with Crippen molar-refractivity contribution in [3.05, 3.63) is 0 Å². The molecular weight excluding hydrogens is 1640 g/mol. The molecule has 12 nitrogen and oxygen atoms in total. The van der Waals surface area contributed by atoms with Crippen molar-refractivity contribution in [2.75, 3.05) is 79.3 Å². The molecule has 0 aliphatic carbocycles. The normalized spacial score (nSPS) is 10.2. The van der Waals surface area contributed by atoms with Crippen LogP contribution in [0.4, 0.5) is 0 Å². The monoisotopic (exact) mass is 1690 g/mol. The molecule has 0 fully saturated rings. The van der Waals surface area contributed by atoms with Gasteiger partial charge in [-0.1, -0.05) is 70.8 Å². The second-order valence-electron chi connectivity index (χ2n) is 7.70. The third-order valence-corrected chi connectivity index (χ3v) is 17.9. The van der Waals surface area contributed by atoms with E-state index in [0.717, 1.165) is 0 Å². The second-order valence-corrected chi connectivity index (χ2v) is 37.6. The summed E-state index contributed by atoms with van der Waals surface area (Å²) in [6.45, 7) is 28.8. The van der Waals surface area contributed by atoms with Gasteiger partial charge in [0.25, 0.3) is 0 Å². The van der Waals surface area contributed by atoms with Crippen molar-refractivity contribution < 1.29 is 191 Å². The molecule has 0 N–H and O–H groups in total. The van der Waals surface area contributed by atoms with Crippen molar-refractivity contribution in [3.8, 4) is 0 Å². The van der Waals surface area contributed by atoms with Crippen LogP contribution in [0.1, 0.15) is 83.1 Å². The molecular formula is C24H60Cu8O12P6S12Se. The SMILES string of the molecule is CCOP(=S)([S-])OCC.CCOP(=S)([S-])OCC.CCOP(=S)([S-])OCC.CCOP(=S)([S-])OCC.CCOP(=S)([S-])OCC.CCOP(=S)([S-])OCC.[Cu+].[Cu+].[Cu+].[Cu+].[Cu+].[Cu+].[Cu+].[Cu+].[Se-2]. The Morgan fingerprint density at radius 3 is 0.302 bits per heavy atom. The maximum Gasteiger partial charge on any atom is 1.00 e. The minimum atomic E-state index is -2.28. The fraction of sp³-hybridized carbons (Fsp3) is 1.00. The van der Waals surface area contributed by atoms with Crippen LogP contribution in [0.25, 0.3) is 0 Å². The Morgan fingerprint density at radius 2 is 0.270 bits per heavy atom. The molecule has 39 heteroatoms. The van der Waals surface area contributed by atoms with Gasteiger partial charge in [0.1, 0.15) is 0 Å². The zero-order chi connectivity index (χ0) is 44.0. The van der Waals surface area contributed by atoms with Crippen molar-refractivity contribution in [2.24, 2.45) is 0 Å². The van der Waals surface area contributed by atoms with Gasteiger partial charge in [0, 0.05) is 79.3 Å². The maximum atomic E-state index is 4.99. The van der Waals surface area contributed by atoms with Crippen LogP contribution in [0.3, 0.4) is 0 Å². The first kappa shape index (κ1) is 113. The van der Waals surface area contributed by atoms with E-state index in [4.69, 9.17) is 199 Å².